The van der Waals surface area contributed by atoms with Crippen molar-refractivity contribution in [2.24, 2.45) is 0 Å². The molecule has 1 aromatic carbocycles. The number of nitrogens with zero attached hydrogens (tertiary/aromatic N) is 4. The minimum atomic E-state index is -0.204. The summed E-state index contributed by atoms with van der Waals surface area (Å²) in [5.74, 6) is 1.13. The van der Waals surface area contributed by atoms with Crippen LogP contribution in [-0.2, 0) is 9.59 Å². The zero-order chi connectivity index (χ0) is 22.4. The number of carbonyl (C=O) groups excluding carboxylic acids is 3. The average molecular weight is 436 g/mol. The van der Waals surface area contributed by atoms with Gasteiger partial charge in [-0.15, -0.1) is 0 Å². The summed E-state index contributed by atoms with van der Waals surface area (Å²) in [6.45, 7) is 3.79. The second kappa shape index (κ2) is 7.77. The van der Waals surface area contributed by atoms with Crippen LogP contribution in [0.5, 0.6) is 5.75 Å². The number of ether oxygens (including phenoxy) is 1. The Balaban J connectivity index is 1.37. The highest BCUT2D eigenvalue weighted by Gasteiger charge is 2.39. The quantitative estimate of drug-likeness (QED) is 0.683. The van der Waals surface area contributed by atoms with Crippen LogP contribution in [0.2, 0.25) is 0 Å². The van der Waals surface area contributed by atoms with Gasteiger partial charge in [-0.1, -0.05) is 0 Å². The van der Waals surface area contributed by atoms with Crippen LogP contribution >= 0.6 is 0 Å². The second-order valence-electron chi connectivity index (χ2n) is 8.37. The van der Waals surface area contributed by atoms with E-state index in [9.17, 15) is 14.4 Å². The molecule has 3 heterocycles. The third kappa shape index (κ3) is 3.83. The van der Waals surface area contributed by atoms with Crippen molar-refractivity contribution in [2.75, 3.05) is 35.2 Å². The van der Waals surface area contributed by atoms with Crippen molar-refractivity contribution in [3.05, 3.63) is 30.0 Å². The van der Waals surface area contributed by atoms with E-state index < -0.39 is 0 Å². The van der Waals surface area contributed by atoms with Gasteiger partial charge < -0.3 is 20.3 Å². The smallest absolute Gasteiger partial charge is 0.247 e. The van der Waals surface area contributed by atoms with Crippen molar-refractivity contribution in [2.45, 2.75) is 38.8 Å². The van der Waals surface area contributed by atoms with E-state index in [1.54, 1.807) is 15.9 Å². The first kappa shape index (κ1) is 20.2. The van der Waals surface area contributed by atoms with Crippen molar-refractivity contribution in [1.29, 1.82) is 0 Å². The van der Waals surface area contributed by atoms with E-state index in [0.29, 0.717) is 53.6 Å². The molecule has 2 fully saturated rings. The second-order valence-corrected chi connectivity index (χ2v) is 8.37. The largest absolute Gasteiger partial charge is 0.489 e. The van der Waals surface area contributed by atoms with Crippen molar-refractivity contribution in [1.82, 2.24) is 14.9 Å². The van der Waals surface area contributed by atoms with Crippen molar-refractivity contribution in [3.63, 3.8) is 0 Å². The summed E-state index contributed by atoms with van der Waals surface area (Å²) in [5, 5.41) is 6.43. The molecule has 1 aromatic heterocycles. The van der Waals surface area contributed by atoms with Crippen LogP contribution in [0.1, 0.15) is 37.0 Å². The molecule has 0 radical (unpaired) electrons. The SMILES string of the molecule is CC(=O)c1cnc(Nc2ccc3c(c2)OCC2CN(C(C)=O)CC(=O)N32)nc1NC1CC1. The Morgan fingerprint density at radius 1 is 1.22 bits per heavy atom. The van der Waals surface area contributed by atoms with Crippen molar-refractivity contribution >= 4 is 40.7 Å². The minimum Gasteiger partial charge on any atom is -0.489 e. The van der Waals surface area contributed by atoms with E-state index >= 15 is 0 Å². The Labute approximate surface area is 185 Å². The van der Waals surface area contributed by atoms with E-state index in [0.717, 1.165) is 12.8 Å². The summed E-state index contributed by atoms with van der Waals surface area (Å²) in [7, 11) is 0. The van der Waals surface area contributed by atoms with Crippen LogP contribution in [-0.4, -0.2) is 64.2 Å². The number of benzene rings is 1. The molecule has 2 amide bonds. The maximum atomic E-state index is 12.7. The summed E-state index contributed by atoms with van der Waals surface area (Å²) in [6.07, 6.45) is 3.65. The molecule has 1 saturated carbocycles. The predicted molar refractivity (Wildman–Crippen MR) is 117 cm³/mol. The zero-order valence-corrected chi connectivity index (χ0v) is 17.9. The summed E-state index contributed by atoms with van der Waals surface area (Å²) in [6, 6.07) is 5.59. The third-order valence-corrected chi connectivity index (χ3v) is 5.83. The Morgan fingerprint density at radius 2 is 2.03 bits per heavy atom. The Kier molecular flexibility index (Phi) is 4.91. The highest BCUT2D eigenvalue weighted by Crippen LogP contribution is 2.38. The number of Topliss-reactive ketones (excluding diaryl/α,β-unsaturated/α-hetero) is 1. The number of anilines is 4. The molecule has 2 aliphatic heterocycles. The number of amides is 2. The van der Waals surface area contributed by atoms with Gasteiger partial charge in [0.15, 0.2) is 5.78 Å². The minimum absolute atomic E-state index is 0.0678. The van der Waals surface area contributed by atoms with Gasteiger partial charge in [0.2, 0.25) is 17.8 Å². The van der Waals surface area contributed by atoms with E-state index in [1.807, 2.05) is 12.1 Å². The maximum Gasteiger partial charge on any atom is 0.247 e. The molecular formula is C22H24N6O4. The first-order valence-corrected chi connectivity index (χ1v) is 10.6. The van der Waals surface area contributed by atoms with E-state index in [1.165, 1.54) is 20.0 Å². The number of aromatic nitrogens is 2. The molecule has 0 bridgehead atoms. The van der Waals surface area contributed by atoms with Gasteiger partial charge in [0, 0.05) is 37.5 Å². The molecule has 5 rings (SSSR count). The Hall–Kier alpha value is -3.69. The molecule has 1 unspecified atom stereocenters. The monoisotopic (exact) mass is 436 g/mol. The molecule has 1 saturated heterocycles. The summed E-state index contributed by atoms with van der Waals surface area (Å²) in [4.78, 5) is 48.3. The molecule has 1 aliphatic carbocycles. The van der Waals surface area contributed by atoms with Gasteiger partial charge in [-0.25, -0.2) is 4.98 Å². The van der Waals surface area contributed by atoms with Crippen molar-refractivity contribution < 1.29 is 19.1 Å². The molecule has 1 atom stereocenters. The normalized spacial score (nSPS) is 19.6. The fourth-order valence-electron chi connectivity index (χ4n) is 3.99. The van der Waals surface area contributed by atoms with Crippen molar-refractivity contribution in [3.8, 4) is 5.75 Å². The van der Waals surface area contributed by atoms with Crippen LogP contribution in [0.4, 0.5) is 23.1 Å². The Morgan fingerprint density at radius 3 is 2.75 bits per heavy atom. The number of rotatable bonds is 5. The maximum absolute atomic E-state index is 12.7. The average Bonchev–Trinajstić information content (AvgIpc) is 3.57. The summed E-state index contributed by atoms with van der Waals surface area (Å²) >= 11 is 0. The molecule has 10 nitrogen and oxygen atoms in total. The first-order valence-electron chi connectivity index (χ1n) is 10.6. The lowest BCUT2D eigenvalue weighted by Gasteiger charge is -2.43. The topological polar surface area (TPSA) is 117 Å². The first-order chi connectivity index (χ1) is 15.4. The number of ketones is 1. The summed E-state index contributed by atoms with van der Waals surface area (Å²) in [5.41, 5.74) is 1.85. The lowest BCUT2D eigenvalue weighted by Crippen LogP contribution is -2.61. The van der Waals surface area contributed by atoms with E-state index in [4.69, 9.17) is 4.74 Å². The lowest BCUT2D eigenvalue weighted by molar-refractivity contribution is -0.136. The van der Waals surface area contributed by atoms with Gasteiger partial charge in [0.1, 0.15) is 24.7 Å². The number of fused-ring (bicyclic) bond motifs is 3. The molecular weight excluding hydrogens is 412 g/mol. The van der Waals surface area contributed by atoms with Gasteiger partial charge in [-0.3, -0.25) is 19.3 Å². The van der Waals surface area contributed by atoms with Crippen LogP contribution in [0.15, 0.2) is 24.4 Å². The molecule has 0 spiro atoms. The predicted octanol–water partition coefficient (Wildman–Crippen LogP) is 1.95. The number of hydrogen-bond acceptors (Lipinski definition) is 8. The Bertz CT molecular complexity index is 1120. The van der Waals surface area contributed by atoms with Crippen LogP contribution in [0, 0.1) is 0 Å². The molecule has 3 aliphatic rings. The van der Waals surface area contributed by atoms with Gasteiger partial charge in [-0.05, 0) is 31.9 Å². The molecule has 32 heavy (non-hydrogen) atoms. The molecule has 2 N–H and O–H groups in total. The zero-order valence-electron chi connectivity index (χ0n) is 17.9. The van der Waals surface area contributed by atoms with E-state index in [2.05, 4.69) is 20.6 Å². The van der Waals surface area contributed by atoms with Crippen LogP contribution < -0.4 is 20.3 Å². The lowest BCUT2D eigenvalue weighted by atomic mass is 10.1. The van der Waals surface area contributed by atoms with Crippen LogP contribution in [0.3, 0.4) is 0 Å². The molecule has 166 valence electrons. The van der Waals surface area contributed by atoms with Gasteiger partial charge in [-0.2, -0.15) is 4.98 Å². The number of piperazine rings is 1. The van der Waals surface area contributed by atoms with Gasteiger partial charge in [0.05, 0.1) is 17.3 Å². The third-order valence-electron chi connectivity index (χ3n) is 5.83. The number of nitrogens with one attached hydrogen (secondary N) is 2. The highest BCUT2D eigenvalue weighted by molar-refractivity contribution is 6.00. The fraction of sp³-hybridized carbons (Fsp3) is 0.409. The molecule has 10 heteroatoms. The number of hydrogen-bond donors (Lipinski definition) is 2. The fourth-order valence-corrected chi connectivity index (χ4v) is 3.99. The number of carbonyl (C=O) groups is 3. The van der Waals surface area contributed by atoms with E-state index in [-0.39, 0.29) is 30.2 Å². The van der Waals surface area contributed by atoms with Gasteiger partial charge in [0.25, 0.3) is 0 Å². The molecule has 2 aromatic rings. The summed E-state index contributed by atoms with van der Waals surface area (Å²) < 4.78 is 5.91. The van der Waals surface area contributed by atoms with Gasteiger partial charge >= 0.3 is 0 Å². The highest BCUT2D eigenvalue weighted by atomic mass is 16.5. The van der Waals surface area contributed by atoms with Crippen LogP contribution in [0.25, 0.3) is 0 Å². The standard InChI is InChI=1S/C22H24N6O4/c1-12(29)17-8-23-22(26-21(17)24-14-3-4-14)25-15-5-6-18-19(7-15)32-11-16-9-27(13(2)30)10-20(31)28(16)18/h5-8,14,16H,3-4,9-11H2,1-2H3,(H2,23,24,25,26).